The summed E-state index contributed by atoms with van der Waals surface area (Å²) in [7, 11) is 3.81. The molecule has 0 aliphatic carbocycles. The third kappa shape index (κ3) is 1.40. The van der Waals surface area contributed by atoms with Crippen molar-refractivity contribution >= 4 is 0 Å². The molecule has 1 N–H and O–H groups in total. The summed E-state index contributed by atoms with van der Waals surface area (Å²) < 4.78 is 12.7. The monoisotopic (exact) mass is 132 g/mol. The van der Waals surface area contributed by atoms with E-state index in [9.17, 15) is 4.39 Å². The molecule has 3 heteroatoms. The van der Waals surface area contributed by atoms with Crippen molar-refractivity contribution in [3.63, 3.8) is 0 Å². The summed E-state index contributed by atoms with van der Waals surface area (Å²) in [5.74, 6) is 0. The molecule has 0 spiro atoms. The van der Waals surface area contributed by atoms with E-state index in [1.165, 1.54) is 0 Å². The summed E-state index contributed by atoms with van der Waals surface area (Å²) in [6.45, 7) is 1.30. The zero-order chi connectivity index (χ0) is 6.85. The van der Waals surface area contributed by atoms with E-state index in [0.29, 0.717) is 6.54 Å². The molecule has 0 aromatic heterocycles. The van der Waals surface area contributed by atoms with E-state index in [1.807, 2.05) is 19.0 Å². The van der Waals surface area contributed by atoms with Gasteiger partial charge in [-0.25, -0.2) is 4.39 Å². The van der Waals surface area contributed by atoms with E-state index in [1.54, 1.807) is 0 Å². The van der Waals surface area contributed by atoms with Crippen LogP contribution in [0.15, 0.2) is 0 Å². The van der Waals surface area contributed by atoms with Gasteiger partial charge in [0, 0.05) is 13.1 Å². The van der Waals surface area contributed by atoms with Gasteiger partial charge in [-0.3, -0.25) is 0 Å². The van der Waals surface area contributed by atoms with Crippen LogP contribution in [0.1, 0.15) is 0 Å². The summed E-state index contributed by atoms with van der Waals surface area (Å²) in [6.07, 6.45) is -0.681. The first-order chi connectivity index (χ1) is 4.22. The van der Waals surface area contributed by atoms with Crippen molar-refractivity contribution in [2.24, 2.45) is 0 Å². The highest BCUT2D eigenvalue weighted by atomic mass is 19.1. The number of halogens is 1. The molecule has 2 nitrogen and oxygen atoms in total. The number of alkyl halides is 1. The number of hydrogen-bond donors (Lipinski definition) is 1. The van der Waals surface area contributed by atoms with Gasteiger partial charge in [0.05, 0.1) is 6.04 Å². The maximum absolute atomic E-state index is 12.7. The Labute approximate surface area is 55.0 Å². The largest absolute Gasteiger partial charge is 0.312 e. The van der Waals surface area contributed by atoms with Gasteiger partial charge in [0.1, 0.15) is 6.17 Å². The molecule has 0 radical (unpaired) electrons. The SMILES string of the molecule is CN(C)[C@@H]1CNC[C@H]1F. The number of hydrogen-bond acceptors (Lipinski definition) is 2. The van der Waals surface area contributed by atoms with Crippen LogP contribution in [0.2, 0.25) is 0 Å². The number of rotatable bonds is 1. The molecule has 54 valence electrons. The normalized spacial score (nSPS) is 36.0. The molecule has 1 aliphatic heterocycles. The van der Waals surface area contributed by atoms with Crippen molar-refractivity contribution < 1.29 is 4.39 Å². The summed E-state index contributed by atoms with van der Waals surface area (Å²) >= 11 is 0. The molecule has 0 aromatic carbocycles. The molecule has 2 atom stereocenters. The molecule has 0 unspecified atom stereocenters. The lowest BCUT2D eigenvalue weighted by atomic mass is 10.2. The second-order valence-corrected chi connectivity index (χ2v) is 2.71. The fraction of sp³-hybridized carbons (Fsp3) is 1.00. The summed E-state index contributed by atoms with van der Waals surface area (Å²) in [6, 6.07) is 0.0880. The average molecular weight is 132 g/mol. The zero-order valence-electron chi connectivity index (χ0n) is 5.89. The molecule has 1 heterocycles. The molecule has 1 aliphatic rings. The Morgan fingerprint density at radius 1 is 1.44 bits per heavy atom. The van der Waals surface area contributed by atoms with Crippen molar-refractivity contribution in [1.29, 1.82) is 0 Å². The highest BCUT2D eigenvalue weighted by molar-refractivity contribution is 4.86. The Balaban J connectivity index is 2.40. The summed E-state index contributed by atoms with van der Waals surface area (Å²) in [5, 5.41) is 2.99. The van der Waals surface area contributed by atoms with E-state index in [0.717, 1.165) is 6.54 Å². The molecule has 9 heavy (non-hydrogen) atoms. The molecule has 0 bridgehead atoms. The maximum Gasteiger partial charge on any atom is 0.129 e. The van der Waals surface area contributed by atoms with E-state index in [4.69, 9.17) is 0 Å². The Morgan fingerprint density at radius 2 is 2.11 bits per heavy atom. The topological polar surface area (TPSA) is 15.3 Å². The third-order valence-corrected chi connectivity index (χ3v) is 1.77. The van der Waals surface area contributed by atoms with Gasteiger partial charge in [-0.15, -0.1) is 0 Å². The minimum absolute atomic E-state index is 0.0880. The van der Waals surface area contributed by atoms with Gasteiger partial charge < -0.3 is 10.2 Å². The van der Waals surface area contributed by atoms with Crippen molar-refractivity contribution in [2.45, 2.75) is 12.2 Å². The van der Waals surface area contributed by atoms with Gasteiger partial charge in [-0.05, 0) is 14.1 Å². The molecule has 0 amide bonds. The second kappa shape index (κ2) is 2.62. The Morgan fingerprint density at radius 3 is 2.33 bits per heavy atom. The quantitative estimate of drug-likeness (QED) is 0.534. The lowest BCUT2D eigenvalue weighted by Crippen LogP contribution is -2.35. The second-order valence-electron chi connectivity index (χ2n) is 2.71. The number of nitrogens with zero attached hydrogens (tertiary/aromatic N) is 1. The lowest BCUT2D eigenvalue weighted by molar-refractivity contribution is 0.202. The third-order valence-electron chi connectivity index (χ3n) is 1.77. The van der Waals surface area contributed by atoms with E-state index in [2.05, 4.69) is 5.32 Å². The van der Waals surface area contributed by atoms with E-state index >= 15 is 0 Å². The van der Waals surface area contributed by atoms with Crippen molar-refractivity contribution in [3.8, 4) is 0 Å². The average Bonchev–Trinajstić information content (AvgIpc) is 2.13. The van der Waals surface area contributed by atoms with Gasteiger partial charge >= 0.3 is 0 Å². The Hall–Kier alpha value is -0.150. The molecular weight excluding hydrogens is 119 g/mol. The van der Waals surface area contributed by atoms with Crippen LogP contribution in [0.4, 0.5) is 4.39 Å². The van der Waals surface area contributed by atoms with E-state index in [-0.39, 0.29) is 6.04 Å². The minimum Gasteiger partial charge on any atom is -0.312 e. The maximum atomic E-state index is 12.7. The van der Waals surface area contributed by atoms with Gasteiger partial charge in [-0.1, -0.05) is 0 Å². The highest BCUT2D eigenvalue weighted by Gasteiger charge is 2.27. The van der Waals surface area contributed by atoms with Crippen molar-refractivity contribution in [1.82, 2.24) is 10.2 Å². The van der Waals surface area contributed by atoms with Crippen LogP contribution in [-0.4, -0.2) is 44.3 Å². The minimum atomic E-state index is -0.681. The predicted octanol–water partition coefficient (Wildman–Crippen LogP) is -0.142. The summed E-state index contributed by atoms with van der Waals surface area (Å²) in [5.41, 5.74) is 0. The van der Waals surface area contributed by atoms with Crippen LogP contribution >= 0.6 is 0 Å². The van der Waals surface area contributed by atoms with Crippen LogP contribution in [0.25, 0.3) is 0 Å². The Kier molecular flexibility index (Phi) is 2.03. The standard InChI is InChI=1S/C6H13FN2/c1-9(2)6-4-8-3-5(6)7/h5-6,8H,3-4H2,1-2H3/t5-,6-/m1/s1. The Bertz CT molecular complexity index is 95.1. The smallest absolute Gasteiger partial charge is 0.129 e. The zero-order valence-corrected chi connectivity index (χ0v) is 5.89. The number of likely N-dealkylation sites (N-methyl/N-ethyl adjacent to an activating group) is 1. The van der Waals surface area contributed by atoms with Crippen LogP contribution in [0, 0.1) is 0 Å². The van der Waals surface area contributed by atoms with Crippen molar-refractivity contribution in [2.75, 3.05) is 27.2 Å². The predicted molar refractivity (Wildman–Crippen MR) is 35.2 cm³/mol. The molecule has 1 rings (SSSR count). The summed E-state index contributed by atoms with van der Waals surface area (Å²) in [4.78, 5) is 1.92. The van der Waals surface area contributed by atoms with Crippen molar-refractivity contribution in [3.05, 3.63) is 0 Å². The molecule has 0 saturated carbocycles. The lowest BCUT2D eigenvalue weighted by Gasteiger charge is -2.19. The van der Waals surface area contributed by atoms with Crippen LogP contribution in [0.5, 0.6) is 0 Å². The first kappa shape index (κ1) is 6.96. The number of nitrogens with one attached hydrogen (secondary N) is 1. The molecule has 0 aromatic rings. The van der Waals surface area contributed by atoms with Crippen LogP contribution < -0.4 is 5.32 Å². The fourth-order valence-corrected chi connectivity index (χ4v) is 1.14. The van der Waals surface area contributed by atoms with Gasteiger partial charge in [0.2, 0.25) is 0 Å². The highest BCUT2D eigenvalue weighted by Crippen LogP contribution is 2.08. The molecule has 1 saturated heterocycles. The van der Waals surface area contributed by atoms with Crippen LogP contribution in [-0.2, 0) is 0 Å². The van der Waals surface area contributed by atoms with E-state index < -0.39 is 6.17 Å². The van der Waals surface area contributed by atoms with Gasteiger partial charge in [0.15, 0.2) is 0 Å². The van der Waals surface area contributed by atoms with Gasteiger partial charge in [-0.2, -0.15) is 0 Å². The molecule has 1 fully saturated rings. The van der Waals surface area contributed by atoms with Crippen LogP contribution in [0.3, 0.4) is 0 Å². The van der Waals surface area contributed by atoms with Gasteiger partial charge in [0.25, 0.3) is 0 Å². The first-order valence-electron chi connectivity index (χ1n) is 3.23. The molecular formula is C6H13FN2. The first-order valence-corrected chi connectivity index (χ1v) is 3.23. The fourth-order valence-electron chi connectivity index (χ4n) is 1.14.